The molecule has 3 aliphatic rings. The lowest BCUT2D eigenvalue weighted by atomic mass is 9.90. The van der Waals surface area contributed by atoms with Crippen molar-refractivity contribution in [3.05, 3.63) is 0 Å². The predicted molar refractivity (Wildman–Crippen MR) is 195 cm³/mol. The van der Waals surface area contributed by atoms with E-state index in [1.807, 2.05) is 13.8 Å². The summed E-state index contributed by atoms with van der Waals surface area (Å²) < 4.78 is 12.2. The van der Waals surface area contributed by atoms with Gasteiger partial charge in [0, 0.05) is 26.2 Å². The number of carbonyl (C=O) groups is 5. The third kappa shape index (κ3) is 13.3. The summed E-state index contributed by atoms with van der Waals surface area (Å²) in [6, 6.07) is -3.91. The van der Waals surface area contributed by atoms with Gasteiger partial charge in [0.25, 0.3) is 0 Å². The quantitative estimate of drug-likeness (QED) is 0.128. The molecule has 51 heavy (non-hydrogen) atoms. The van der Waals surface area contributed by atoms with Gasteiger partial charge in [-0.15, -0.1) is 0 Å². The summed E-state index contributed by atoms with van der Waals surface area (Å²) in [7, 11) is 1.64. The Hall–Kier alpha value is -2.81. The van der Waals surface area contributed by atoms with Crippen LogP contribution in [0.2, 0.25) is 0 Å². The molecule has 3 fully saturated rings. The van der Waals surface area contributed by atoms with Crippen LogP contribution >= 0.6 is 0 Å². The summed E-state index contributed by atoms with van der Waals surface area (Å²) in [5.74, 6) is -2.94. The number of unbranched alkanes of at least 4 members (excludes halogenated alkanes) is 3. The van der Waals surface area contributed by atoms with Crippen LogP contribution in [-0.4, -0.2) is 110 Å². The zero-order valence-electron chi connectivity index (χ0n) is 31.6. The topological polar surface area (TPSA) is 207 Å². The Morgan fingerprint density at radius 3 is 2.14 bits per heavy atom. The number of nitrogens with two attached hydrogens (primary N) is 2. The van der Waals surface area contributed by atoms with Crippen molar-refractivity contribution in [2.45, 2.75) is 160 Å². The predicted octanol–water partition coefficient (Wildman–Crippen LogP) is 1.62. The van der Waals surface area contributed by atoms with Gasteiger partial charge < -0.3 is 47.1 Å². The van der Waals surface area contributed by atoms with E-state index in [4.69, 9.17) is 20.9 Å². The Balaban J connectivity index is 1.94. The van der Waals surface area contributed by atoms with Crippen molar-refractivity contribution in [3.63, 3.8) is 0 Å². The van der Waals surface area contributed by atoms with Crippen molar-refractivity contribution in [2.24, 2.45) is 23.3 Å². The summed E-state index contributed by atoms with van der Waals surface area (Å²) in [5, 5.41) is 11.4. The number of amides is 5. The number of likely N-dealkylation sites (N-methyl/N-ethyl adjacent to an activating group) is 1. The Kier molecular flexibility index (Phi) is 18.6. The maximum Gasteiger partial charge on any atom is 0.245 e. The summed E-state index contributed by atoms with van der Waals surface area (Å²) in [5.41, 5.74) is 11.9. The molecule has 5 amide bonds. The van der Waals surface area contributed by atoms with E-state index in [1.165, 1.54) is 4.90 Å². The SMILES string of the molecule is CCCCCC[C@H]1OCCNC(=O)[C@H](CO[C@H]2C[C@H](N)C2)NC(=O)[C@H](CN)NC(=O)[C@H](C2CCCCCC2)NC(=O)[C@H](CCC)N(C)C(=O)[C@@H]1C. The first-order chi connectivity index (χ1) is 24.5. The van der Waals surface area contributed by atoms with E-state index in [-0.39, 0.29) is 50.3 Å². The van der Waals surface area contributed by atoms with Crippen molar-refractivity contribution in [3.8, 4) is 0 Å². The number of hydrogen-bond acceptors (Lipinski definition) is 9. The standard InChI is InChI=1S/C37H67N7O7/c1-5-7-8-13-17-31-24(3)37(49)44(4)30(14-6-2)35(47)43-32(25-15-11-9-10-12-16-25)36(48)41-28(22-38)34(46)42-29(33(45)40-18-19-50-31)23-51-27-20-26(39)21-27/h24-32H,5-23,38-39H2,1-4H3,(H,40,45)(H,41,48)(H,42,46)(H,43,47)/t24-,26-,27-,28+,29+,30+,31-,32+/m1/s1. The lowest BCUT2D eigenvalue weighted by molar-refractivity contribution is -0.147. The molecule has 1 aliphatic heterocycles. The average molecular weight is 722 g/mol. The molecule has 14 nitrogen and oxygen atoms in total. The number of nitrogens with one attached hydrogen (secondary N) is 4. The van der Waals surface area contributed by atoms with E-state index >= 15 is 0 Å². The molecule has 1 saturated heterocycles. The fourth-order valence-corrected chi connectivity index (χ4v) is 7.38. The lowest BCUT2D eigenvalue weighted by Crippen LogP contribution is -2.62. The zero-order valence-corrected chi connectivity index (χ0v) is 31.6. The third-order valence-electron chi connectivity index (χ3n) is 10.8. The molecule has 292 valence electrons. The van der Waals surface area contributed by atoms with Gasteiger partial charge in [0.05, 0.1) is 31.3 Å². The van der Waals surface area contributed by atoms with Crippen LogP contribution in [0.3, 0.4) is 0 Å². The molecule has 0 aromatic rings. The first kappa shape index (κ1) is 42.6. The van der Waals surface area contributed by atoms with Crippen LogP contribution in [0, 0.1) is 11.8 Å². The highest BCUT2D eigenvalue weighted by Gasteiger charge is 2.38. The molecule has 3 rings (SSSR count). The monoisotopic (exact) mass is 722 g/mol. The van der Waals surface area contributed by atoms with Crippen LogP contribution in [0.1, 0.15) is 117 Å². The first-order valence-electron chi connectivity index (χ1n) is 19.6. The van der Waals surface area contributed by atoms with E-state index in [2.05, 4.69) is 28.2 Å². The van der Waals surface area contributed by atoms with Gasteiger partial charge in [-0.25, -0.2) is 0 Å². The number of hydrogen-bond donors (Lipinski definition) is 6. The molecule has 0 aromatic carbocycles. The fourth-order valence-electron chi connectivity index (χ4n) is 7.38. The van der Waals surface area contributed by atoms with Gasteiger partial charge in [-0.3, -0.25) is 24.0 Å². The Labute approximate surface area is 305 Å². The molecule has 14 heteroatoms. The molecule has 0 bridgehead atoms. The fraction of sp³-hybridized carbons (Fsp3) is 0.865. The van der Waals surface area contributed by atoms with Crippen molar-refractivity contribution in [1.82, 2.24) is 26.2 Å². The van der Waals surface area contributed by atoms with Gasteiger partial charge in [-0.1, -0.05) is 78.6 Å². The van der Waals surface area contributed by atoms with Crippen LogP contribution in [0.5, 0.6) is 0 Å². The van der Waals surface area contributed by atoms with E-state index < -0.39 is 59.8 Å². The van der Waals surface area contributed by atoms with E-state index in [1.54, 1.807) is 7.05 Å². The Bertz CT molecular complexity index is 1110. The second-order valence-corrected chi connectivity index (χ2v) is 14.9. The molecule has 0 spiro atoms. The van der Waals surface area contributed by atoms with E-state index in [9.17, 15) is 24.0 Å². The second-order valence-electron chi connectivity index (χ2n) is 14.9. The van der Waals surface area contributed by atoms with Gasteiger partial charge >= 0.3 is 0 Å². The molecular weight excluding hydrogens is 654 g/mol. The van der Waals surface area contributed by atoms with Crippen LogP contribution in [-0.2, 0) is 33.4 Å². The van der Waals surface area contributed by atoms with Gasteiger partial charge in [-0.2, -0.15) is 0 Å². The van der Waals surface area contributed by atoms with Crippen LogP contribution < -0.4 is 32.7 Å². The van der Waals surface area contributed by atoms with Crippen LogP contribution in [0.15, 0.2) is 0 Å². The molecule has 1 heterocycles. The minimum Gasteiger partial charge on any atom is -0.376 e. The molecular formula is C37H67N7O7. The van der Waals surface area contributed by atoms with Gasteiger partial charge in [-0.05, 0) is 44.4 Å². The van der Waals surface area contributed by atoms with Gasteiger partial charge in [0.15, 0.2) is 0 Å². The smallest absolute Gasteiger partial charge is 0.245 e. The molecule has 0 aromatic heterocycles. The first-order valence-corrected chi connectivity index (χ1v) is 19.6. The third-order valence-corrected chi connectivity index (χ3v) is 10.8. The minimum atomic E-state index is -1.16. The molecule has 6 atom stereocenters. The van der Waals surface area contributed by atoms with Crippen LogP contribution in [0.25, 0.3) is 0 Å². The second kappa shape index (κ2) is 22.3. The molecule has 0 unspecified atom stereocenters. The highest BCUT2D eigenvalue weighted by molar-refractivity contribution is 5.96. The number of carbonyl (C=O) groups excluding carboxylic acids is 5. The highest BCUT2D eigenvalue weighted by Crippen LogP contribution is 2.27. The number of ether oxygens (including phenoxy) is 2. The van der Waals surface area contributed by atoms with Crippen LogP contribution in [0.4, 0.5) is 0 Å². The Morgan fingerprint density at radius 1 is 0.824 bits per heavy atom. The maximum absolute atomic E-state index is 14.1. The molecule has 2 saturated carbocycles. The van der Waals surface area contributed by atoms with E-state index in [0.717, 1.165) is 64.2 Å². The van der Waals surface area contributed by atoms with Crippen molar-refractivity contribution < 1.29 is 33.4 Å². The summed E-state index contributed by atoms with van der Waals surface area (Å²) in [4.78, 5) is 70.7. The highest BCUT2D eigenvalue weighted by atomic mass is 16.5. The maximum atomic E-state index is 14.1. The molecule has 2 aliphatic carbocycles. The summed E-state index contributed by atoms with van der Waals surface area (Å²) >= 11 is 0. The zero-order chi connectivity index (χ0) is 37.3. The Morgan fingerprint density at radius 2 is 1.51 bits per heavy atom. The largest absolute Gasteiger partial charge is 0.376 e. The van der Waals surface area contributed by atoms with Gasteiger partial charge in [0.2, 0.25) is 29.5 Å². The van der Waals surface area contributed by atoms with Crippen molar-refractivity contribution >= 4 is 29.5 Å². The van der Waals surface area contributed by atoms with Crippen molar-refractivity contribution in [1.29, 1.82) is 0 Å². The average Bonchev–Trinajstić information content (AvgIpc) is 3.39. The van der Waals surface area contributed by atoms with Crippen molar-refractivity contribution in [2.75, 3.05) is 33.4 Å². The summed E-state index contributed by atoms with van der Waals surface area (Å²) in [6.45, 7) is 5.90. The minimum absolute atomic E-state index is 0.0463. The number of rotatable bonds is 12. The summed E-state index contributed by atoms with van der Waals surface area (Å²) in [6.07, 6.45) is 11.9. The van der Waals surface area contributed by atoms with Gasteiger partial charge in [0.1, 0.15) is 24.2 Å². The van der Waals surface area contributed by atoms with E-state index in [0.29, 0.717) is 32.1 Å². The molecule has 0 radical (unpaired) electrons. The normalized spacial score (nSPS) is 31.6. The number of nitrogens with zero attached hydrogens (tertiary/aromatic N) is 1. The molecule has 8 N–H and O–H groups in total. The lowest BCUT2D eigenvalue weighted by Gasteiger charge is -2.34.